The minimum atomic E-state index is -0.636. The van der Waals surface area contributed by atoms with Crippen LogP contribution in [0.1, 0.15) is 24.4 Å². The molecule has 1 atom stereocenters. The lowest BCUT2D eigenvalue weighted by atomic mass is 10.0. The van der Waals surface area contributed by atoms with Crippen LogP contribution in [0.4, 0.5) is 5.69 Å². The maximum absolute atomic E-state index is 12.3. The van der Waals surface area contributed by atoms with Gasteiger partial charge in [-0.15, -0.1) is 0 Å². The van der Waals surface area contributed by atoms with Crippen molar-refractivity contribution in [3.8, 4) is 0 Å². The van der Waals surface area contributed by atoms with Crippen molar-refractivity contribution in [1.29, 1.82) is 0 Å². The zero-order valence-electron chi connectivity index (χ0n) is 12.0. The molecular weight excluding hydrogens is 268 g/mol. The van der Waals surface area contributed by atoms with Crippen molar-refractivity contribution in [1.82, 2.24) is 5.32 Å². The van der Waals surface area contributed by atoms with Gasteiger partial charge >= 0.3 is 0 Å². The Labute approximate surface area is 123 Å². The van der Waals surface area contributed by atoms with Gasteiger partial charge in [0.15, 0.2) is 5.76 Å². The fraction of sp³-hybridized carbons (Fsp3) is 0.250. The van der Waals surface area contributed by atoms with Gasteiger partial charge in [-0.2, -0.15) is 0 Å². The lowest BCUT2D eigenvalue weighted by Crippen LogP contribution is -2.47. The summed E-state index contributed by atoms with van der Waals surface area (Å²) in [7, 11) is 0. The molecule has 0 radical (unpaired) electrons. The molecule has 0 unspecified atom stereocenters. The van der Waals surface area contributed by atoms with Crippen molar-refractivity contribution in [2.45, 2.75) is 19.9 Å². The minimum Gasteiger partial charge on any atom is -0.459 e. The molecule has 1 heterocycles. The Balaban J connectivity index is 2.05. The second kappa shape index (κ2) is 6.74. The predicted octanol–water partition coefficient (Wildman–Crippen LogP) is 2.67. The molecule has 21 heavy (non-hydrogen) atoms. The summed E-state index contributed by atoms with van der Waals surface area (Å²) < 4.78 is 5.03. The molecule has 2 amide bonds. The lowest BCUT2D eigenvalue weighted by molar-refractivity contribution is -0.118. The van der Waals surface area contributed by atoms with Gasteiger partial charge in [0.1, 0.15) is 6.04 Å². The minimum absolute atomic E-state index is 0.0485. The van der Waals surface area contributed by atoms with Crippen LogP contribution in [0.5, 0.6) is 0 Å². The summed E-state index contributed by atoms with van der Waals surface area (Å²) in [6, 6.07) is 11.7. The van der Waals surface area contributed by atoms with Crippen molar-refractivity contribution in [3.05, 3.63) is 54.5 Å². The quantitative estimate of drug-likeness (QED) is 0.887. The summed E-state index contributed by atoms with van der Waals surface area (Å²) in [6.45, 7) is 3.75. The second-order valence-electron chi connectivity index (χ2n) is 5.03. The number of rotatable bonds is 5. The number of para-hydroxylation sites is 1. The summed E-state index contributed by atoms with van der Waals surface area (Å²) in [6.07, 6.45) is 1.42. The monoisotopic (exact) mass is 286 g/mol. The summed E-state index contributed by atoms with van der Waals surface area (Å²) in [5.74, 6) is -0.515. The van der Waals surface area contributed by atoms with Gasteiger partial charge in [-0.1, -0.05) is 32.0 Å². The highest BCUT2D eigenvalue weighted by Crippen LogP contribution is 2.10. The summed E-state index contributed by atoms with van der Waals surface area (Å²) in [5, 5.41) is 5.48. The largest absolute Gasteiger partial charge is 0.459 e. The number of anilines is 1. The number of benzene rings is 1. The first-order valence-corrected chi connectivity index (χ1v) is 6.78. The zero-order valence-corrected chi connectivity index (χ0v) is 12.0. The van der Waals surface area contributed by atoms with Gasteiger partial charge in [0.05, 0.1) is 6.26 Å². The Morgan fingerprint density at radius 2 is 1.76 bits per heavy atom. The Bertz CT molecular complexity index is 591. The summed E-state index contributed by atoms with van der Waals surface area (Å²) >= 11 is 0. The maximum atomic E-state index is 12.3. The van der Waals surface area contributed by atoms with E-state index in [4.69, 9.17) is 4.42 Å². The molecule has 0 aliphatic carbocycles. The van der Waals surface area contributed by atoms with E-state index in [2.05, 4.69) is 10.6 Å². The third-order valence-electron chi connectivity index (χ3n) is 3.02. The number of hydrogen-bond acceptors (Lipinski definition) is 3. The molecule has 2 rings (SSSR count). The van der Waals surface area contributed by atoms with Gasteiger partial charge in [-0.3, -0.25) is 9.59 Å². The summed E-state index contributed by atoms with van der Waals surface area (Å²) in [5.41, 5.74) is 0.695. The van der Waals surface area contributed by atoms with E-state index in [0.717, 1.165) is 0 Å². The number of carbonyl (C=O) groups is 2. The first kappa shape index (κ1) is 14.8. The van der Waals surface area contributed by atoms with Gasteiger partial charge in [-0.25, -0.2) is 0 Å². The van der Waals surface area contributed by atoms with Crippen LogP contribution in [0.15, 0.2) is 53.1 Å². The molecule has 2 aromatic rings. The fourth-order valence-corrected chi connectivity index (χ4v) is 1.90. The molecular formula is C16H18N2O3. The van der Waals surface area contributed by atoms with Crippen molar-refractivity contribution in [2.75, 3.05) is 5.32 Å². The van der Waals surface area contributed by atoms with Crippen molar-refractivity contribution in [2.24, 2.45) is 5.92 Å². The van der Waals surface area contributed by atoms with Crippen LogP contribution in [0.25, 0.3) is 0 Å². The highest BCUT2D eigenvalue weighted by molar-refractivity contribution is 6.00. The van der Waals surface area contributed by atoms with Crippen LogP contribution in [0.3, 0.4) is 0 Å². The van der Waals surface area contributed by atoms with E-state index in [9.17, 15) is 9.59 Å². The third kappa shape index (κ3) is 3.95. The topological polar surface area (TPSA) is 71.3 Å². The lowest BCUT2D eigenvalue weighted by Gasteiger charge is -2.21. The van der Waals surface area contributed by atoms with Crippen LogP contribution in [0.2, 0.25) is 0 Å². The molecule has 0 aliphatic rings. The number of hydrogen-bond donors (Lipinski definition) is 2. The van der Waals surface area contributed by atoms with Crippen LogP contribution >= 0.6 is 0 Å². The zero-order chi connectivity index (χ0) is 15.2. The Hall–Kier alpha value is -2.56. The highest BCUT2D eigenvalue weighted by atomic mass is 16.3. The van der Waals surface area contributed by atoms with Crippen molar-refractivity contribution < 1.29 is 14.0 Å². The van der Waals surface area contributed by atoms with E-state index < -0.39 is 11.9 Å². The average molecular weight is 286 g/mol. The van der Waals surface area contributed by atoms with E-state index >= 15 is 0 Å². The first-order chi connectivity index (χ1) is 10.1. The Morgan fingerprint density at radius 3 is 2.33 bits per heavy atom. The van der Waals surface area contributed by atoms with E-state index in [-0.39, 0.29) is 17.6 Å². The van der Waals surface area contributed by atoms with Crippen molar-refractivity contribution >= 4 is 17.5 Å². The molecule has 5 heteroatoms. The predicted molar refractivity (Wildman–Crippen MR) is 79.9 cm³/mol. The van der Waals surface area contributed by atoms with Gasteiger partial charge in [0.25, 0.3) is 5.91 Å². The first-order valence-electron chi connectivity index (χ1n) is 6.78. The van der Waals surface area contributed by atoms with E-state index in [1.165, 1.54) is 6.26 Å². The molecule has 0 fully saturated rings. The van der Waals surface area contributed by atoms with E-state index in [0.29, 0.717) is 5.69 Å². The summed E-state index contributed by atoms with van der Waals surface area (Å²) in [4.78, 5) is 24.3. The van der Waals surface area contributed by atoms with Crippen LogP contribution in [0, 0.1) is 5.92 Å². The number of carbonyl (C=O) groups excluding carboxylic acids is 2. The number of furan rings is 1. The van der Waals surface area contributed by atoms with E-state index in [1.807, 2.05) is 32.0 Å². The fourth-order valence-electron chi connectivity index (χ4n) is 1.90. The average Bonchev–Trinajstić information content (AvgIpc) is 2.99. The highest BCUT2D eigenvalue weighted by Gasteiger charge is 2.25. The second-order valence-corrected chi connectivity index (χ2v) is 5.03. The molecule has 0 aliphatic heterocycles. The van der Waals surface area contributed by atoms with Crippen LogP contribution in [-0.2, 0) is 4.79 Å². The number of amides is 2. The van der Waals surface area contributed by atoms with Gasteiger partial charge in [-0.05, 0) is 30.2 Å². The maximum Gasteiger partial charge on any atom is 0.287 e. The van der Waals surface area contributed by atoms with Crippen LogP contribution in [-0.4, -0.2) is 17.9 Å². The number of nitrogens with one attached hydrogen (secondary N) is 2. The molecule has 1 aromatic heterocycles. The van der Waals surface area contributed by atoms with Gasteiger partial charge in [0, 0.05) is 5.69 Å². The standard InChI is InChI=1S/C16H18N2O3/c1-11(2)14(18-15(19)13-9-6-10-21-13)16(20)17-12-7-4-3-5-8-12/h3-11,14H,1-2H3,(H,17,20)(H,18,19)/t14-/m0/s1. The Morgan fingerprint density at radius 1 is 1.05 bits per heavy atom. The molecule has 0 saturated heterocycles. The molecule has 0 bridgehead atoms. The van der Waals surface area contributed by atoms with Crippen molar-refractivity contribution in [3.63, 3.8) is 0 Å². The molecule has 0 saturated carbocycles. The normalized spacial score (nSPS) is 12.0. The SMILES string of the molecule is CC(C)[C@H](NC(=O)c1ccco1)C(=O)Nc1ccccc1. The molecule has 110 valence electrons. The smallest absolute Gasteiger partial charge is 0.287 e. The third-order valence-corrected chi connectivity index (χ3v) is 3.02. The molecule has 2 N–H and O–H groups in total. The molecule has 0 spiro atoms. The van der Waals surface area contributed by atoms with Crippen LogP contribution < -0.4 is 10.6 Å². The molecule has 1 aromatic carbocycles. The van der Waals surface area contributed by atoms with Gasteiger partial charge in [0.2, 0.25) is 5.91 Å². The van der Waals surface area contributed by atoms with Gasteiger partial charge < -0.3 is 15.1 Å². The van der Waals surface area contributed by atoms with E-state index in [1.54, 1.807) is 24.3 Å². The Kier molecular flexibility index (Phi) is 4.77. The molecule has 5 nitrogen and oxygen atoms in total.